The number of hydrogen-bond acceptors (Lipinski definition) is 5. The lowest BCUT2D eigenvalue weighted by molar-refractivity contribution is 0.384. The average molecular weight is 335 g/mol. The van der Waals surface area contributed by atoms with Crippen molar-refractivity contribution in [1.82, 2.24) is 19.5 Å². The van der Waals surface area contributed by atoms with Crippen LogP contribution in [0.15, 0.2) is 41.5 Å². The zero-order chi connectivity index (χ0) is 17.4. The van der Waals surface area contributed by atoms with Gasteiger partial charge < -0.3 is 4.90 Å². The van der Waals surface area contributed by atoms with Gasteiger partial charge in [-0.25, -0.2) is 15.0 Å². The van der Waals surface area contributed by atoms with Gasteiger partial charge in [0.25, 0.3) is 5.56 Å². The Kier molecular flexibility index (Phi) is 3.95. The maximum absolute atomic E-state index is 12.8. The van der Waals surface area contributed by atoms with Crippen molar-refractivity contribution in [3.63, 3.8) is 0 Å². The number of benzene rings is 1. The van der Waals surface area contributed by atoms with Crippen molar-refractivity contribution in [3.05, 3.63) is 58.5 Å². The van der Waals surface area contributed by atoms with Gasteiger partial charge in [0.2, 0.25) is 0 Å². The zero-order valence-corrected chi connectivity index (χ0v) is 14.5. The van der Waals surface area contributed by atoms with E-state index in [1.54, 1.807) is 10.9 Å². The fraction of sp³-hybridized carbons (Fsp3) is 0.368. The molecular weight excluding hydrogens is 314 g/mol. The van der Waals surface area contributed by atoms with Gasteiger partial charge in [-0.3, -0.25) is 9.36 Å². The smallest absolute Gasteiger partial charge is 0.261 e. The Morgan fingerprint density at radius 3 is 2.60 bits per heavy atom. The van der Waals surface area contributed by atoms with Crippen LogP contribution in [0.2, 0.25) is 0 Å². The second-order valence-electron chi connectivity index (χ2n) is 6.61. The fourth-order valence-corrected chi connectivity index (χ4v) is 3.58. The van der Waals surface area contributed by atoms with Crippen molar-refractivity contribution in [2.45, 2.75) is 32.7 Å². The van der Waals surface area contributed by atoms with E-state index in [0.29, 0.717) is 5.39 Å². The quantitative estimate of drug-likeness (QED) is 0.720. The second-order valence-corrected chi connectivity index (χ2v) is 6.61. The highest BCUT2D eigenvalue weighted by atomic mass is 16.1. The summed E-state index contributed by atoms with van der Waals surface area (Å²) in [7, 11) is 0. The van der Waals surface area contributed by atoms with Gasteiger partial charge in [-0.15, -0.1) is 0 Å². The molecule has 0 radical (unpaired) electrons. The van der Waals surface area contributed by atoms with Crippen molar-refractivity contribution in [1.29, 1.82) is 0 Å². The molecule has 0 amide bonds. The lowest BCUT2D eigenvalue weighted by Gasteiger charge is -2.33. The molecule has 4 rings (SSSR count). The van der Waals surface area contributed by atoms with Crippen molar-refractivity contribution in [2.24, 2.45) is 0 Å². The molecule has 0 aliphatic carbocycles. The Morgan fingerprint density at radius 2 is 1.84 bits per heavy atom. The molecule has 0 bridgehead atoms. The molecule has 6 heteroatoms. The summed E-state index contributed by atoms with van der Waals surface area (Å²) in [5.74, 6) is 1.78. The monoisotopic (exact) mass is 335 g/mol. The molecule has 1 aliphatic heterocycles. The Morgan fingerprint density at radius 1 is 1.08 bits per heavy atom. The molecule has 25 heavy (non-hydrogen) atoms. The number of nitrogens with zero attached hydrogens (tertiary/aromatic N) is 5. The summed E-state index contributed by atoms with van der Waals surface area (Å²) < 4.78 is 1.80. The first kappa shape index (κ1) is 15.7. The molecular formula is C19H21N5O. The molecule has 128 valence electrons. The first-order valence-electron chi connectivity index (χ1n) is 8.65. The normalized spacial score (nSPS) is 15.7. The molecule has 3 heterocycles. The lowest BCUT2D eigenvalue weighted by atomic mass is 10.0. The van der Waals surface area contributed by atoms with E-state index in [2.05, 4.69) is 19.9 Å². The summed E-state index contributed by atoms with van der Waals surface area (Å²) in [4.78, 5) is 28.4. The molecule has 2 aromatic heterocycles. The van der Waals surface area contributed by atoms with E-state index < -0.39 is 0 Å². The minimum atomic E-state index is 0.0535. The van der Waals surface area contributed by atoms with Gasteiger partial charge in [0.1, 0.15) is 11.6 Å². The molecule has 6 nitrogen and oxygen atoms in total. The van der Waals surface area contributed by atoms with Crippen LogP contribution < -0.4 is 10.5 Å². The van der Waals surface area contributed by atoms with E-state index in [-0.39, 0.29) is 11.6 Å². The SMILES string of the molecule is Cc1cc(N2CCC(n3cnc4ccccc4c3=O)CC2)nc(C)n1. The molecule has 1 saturated heterocycles. The number of fused-ring (bicyclic) bond motifs is 1. The third-order valence-corrected chi connectivity index (χ3v) is 4.82. The number of anilines is 1. The van der Waals surface area contributed by atoms with E-state index in [0.717, 1.165) is 48.8 Å². The van der Waals surface area contributed by atoms with Crippen molar-refractivity contribution in [2.75, 3.05) is 18.0 Å². The van der Waals surface area contributed by atoms with Crippen LogP contribution in [0.1, 0.15) is 30.4 Å². The van der Waals surface area contributed by atoms with Crippen LogP contribution in [0, 0.1) is 13.8 Å². The standard InChI is InChI=1S/C19H21N5O/c1-13-11-18(22-14(2)21-13)23-9-7-15(8-10-23)24-12-20-17-6-4-3-5-16(17)19(24)25/h3-6,11-12,15H,7-10H2,1-2H3. The molecule has 0 N–H and O–H groups in total. The maximum Gasteiger partial charge on any atom is 0.261 e. The Hall–Kier alpha value is -2.76. The number of para-hydroxylation sites is 1. The summed E-state index contributed by atoms with van der Waals surface area (Å²) in [6.07, 6.45) is 3.51. The van der Waals surface area contributed by atoms with Crippen LogP contribution in [0.25, 0.3) is 10.9 Å². The van der Waals surface area contributed by atoms with Crippen LogP contribution in [-0.4, -0.2) is 32.6 Å². The largest absolute Gasteiger partial charge is 0.356 e. The van der Waals surface area contributed by atoms with Gasteiger partial charge in [-0.2, -0.15) is 0 Å². The van der Waals surface area contributed by atoms with Crippen molar-refractivity contribution >= 4 is 16.7 Å². The molecule has 0 saturated carbocycles. The van der Waals surface area contributed by atoms with Gasteiger partial charge in [0, 0.05) is 30.9 Å². The van der Waals surface area contributed by atoms with Crippen molar-refractivity contribution in [3.8, 4) is 0 Å². The van der Waals surface area contributed by atoms with Gasteiger partial charge in [0.05, 0.1) is 17.2 Å². The van der Waals surface area contributed by atoms with Crippen LogP contribution in [-0.2, 0) is 0 Å². The third kappa shape index (κ3) is 2.99. The Labute approximate surface area is 146 Å². The number of aromatic nitrogens is 4. The lowest BCUT2D eigenvalue weighted by Crippen LogP contribution is -2.38. The van der Waals surface area contributed by atoms with Crippen LogP contribution >= 0.6 is 0 Å². The summed E-state index contributed by atoms with van der Waals surface area (Å²) in [5.41, 5.74) is 1.80. The van der Waals surface area contributed by atoms with E-state index in [1.165, 1.54) is 0 Å². The topological polar surface area (TPSA) is 63.9 Å². The summed E-state index contributed by atoms with van der Waals surface area (Å²) in [6, 6.07) is 9.73. The van der Waals surface area contributed by atoms with Crippen LogP contribution in [0.4, 0.5) is 5.82 Å². The van der Waals surface area contributed by atoms with Gasteiger partial charge in [-0.05, 0) is 38.8 Å². The first-order chi connectivity index (χ1) is 12.1. The molecule has 1 aromatic carbocycles. The Balaban J connectivity index is 1.56. The Bertz CT molecular complexity index is 953. The van der Waals surface area contributed by atoms with Crippen LogP contribution in [0.5, 0.6) is 0 Å². The molecule has 1 aliphatic rings. The maximum atomic E-state index is 12.8. The molecule has 0 unspecified atom stereocenters. The third-order valence-electron chi connectivity index (χ3n) is 4.82. The van der Waals surface area contributed by atoms with Gasteiger partial charge in [0.15, 0.2) is 0 Å². The predicted octanol–water partition coefficient (Wildman–Crippen LogP) is 2.64. The molecule has 1 fully saturated rings. The molecule has 0 spiro atoms. The summed E-state index contributed by atoms with van der Waals surface area (Å²) in [5, 5.41) is 0.689. The fourth-order valence-electron chi connectivity index (χ4n) is 3.58. The van der Waals surface area contributed by atoms with E-state index in [4.69, 9.17) is 0 Å². The highest BCUT2D eigenvalue weighted by Crippen LogP contribution is 2.25. The summed E-state index contributed by atoms with van der Waals surface area (Å²) in [6.45, 7) is 5.66. The minimum absolute atomic E-state index is 0.0535. The predicted molar refractivity (Wildman–Crippen MR) is 98.0 cm³/mol. The van der Waals surface area contributed by atoms with Crippen molar-refractivity contribution < 1.29 is 0 Å². The number of hydrogen-bond donors (Lipinski definition) is 0. The zero-order valence-electron chi connectivity index (χ0n) is 14.5. The number of piperidine rings is 1. The molecule has 0 atom stereocenters. The second kappa shape index (κ2) is 6.27. The highest BCUT2D eigenvalue weighted by molar-refractivity contribution is 5.76. The van der Waals surface area contributed by atoms with E-state index >= 15 is 0 Å². The van der Waals surface area contributed by atoms with Gasteiger partial charge >= 0.3 is 0 Å². The minimum Gasteiger partial charge on any atom is -0.356 e. The van der Waals surface area contributed by atoms with E-state index in [1.807, 2.05) is 44.2 Å². The summed E-state index contributed by atoms with van der Waals surface area (Å²) >= 11 is 0. The van der Waals surface area contributed by atoms with Crippen LogP contribution in [0.3, 0.4) is 0 Å². The number of rotatable bonds is 2. The highest BCUT2D eigenvalue weighted by Gasteiger charge is 2.23. The first-order valence-corrected chi connectivity index (χ1v) is 8.65. The van der Waals surface area contributed by atoms with Gasteiger partial charge in [-0.1, -0.05) is 12.1 Å². The number of aryl methyl sites for hydroxylation is 2. The van der Waals surface area contributed by atoms with E-state index in [9.17, 15) is 4.79 Å². The molecule has 3 aromatic rings. The average Bonchev–Trinajstić information content (AvgIpc) is 2.62.